The van der Waals surface area contributed by atoms with E-state index in [0.29, 0.717) is 0 Å². The molecular formula is C17H33N. The Morgan fingerprint density at radius 2 is 1.67 bits per heavy atom. The van der Waals surface area contributed by atoms with Gasteiger partial charge in [0.25, 0.3) is 0 Å². The molecule has 18 heavy (non-hydrogen) atoms. The average molecular weight is 251 g/mol. The molecule has 0 saturated carbocycles. The molecule has 0 aromatic heterocycles. The van der Waals surface area contributed by atoms with Crippen LogP contribution in [0.5, 0.6) is 0 Å². The first-order valence-corrected chi connectivity index (χ1v) is 8.29. The number of rotatable bonds is 11. The standard InChI is InChI=1S/C17H33N/c1-2-3-4-5-6-7-8-12-15-18-16-17-13-10-9-11-14-17/h9-10,17-18H,2-8,11-16H2,1H3. The molecule has 0 radical (unpaired) electrons. The smallest absolute Gasteiger partial charge is 0.00174 e. The third kappa shape index (κ3) is 8.74. The van der Waals surface area contributed by atoms with Crippen molar-refractivity contribution in [2.45, 2.75) is 77.6 Å². The molecule has 0 aromatic rings. The summed E-state index contributed by atoms with van der Waals surface area (Å²) >= 11 is 0. The van der Waals surface area contributed by atoms with Gasteiger partial charge in [-0.15, -0.1) is 0 Å². The van der Waals surface area contributed by atoms with Crippen molar-refractivity contribution in [3.8, 4) is 0 Å². The summed E-state index contributed by atoms with van der Waals surface area (Å²) in [5, 5.41) is 3.63. The lowest BCUT2D eigenvalue weighted by Gasteiger charge is -2.18. The highest BCUT2D eigenvalue weighted by molar-refractivity contribution is 4.90. The van der Waals surface area contributed by atoms with Gasteiger partial charge in [-0.05, 0) is 44.7 Å². The Balaban J connectivity index is 1.74. The number of allylic oxidation sites excluding steroid dienone is 2. The van der Waals surface area contributed by atoms with Crippen LogP contribution in [0.1, 0.15) is 77.6 Å². The zero-order valence-corrected chi connectivity index (χ0v) is 12.4. The Hall–Kier alpha value is -0.300. The predicted molar refractivity (Wildman–Crippen MR) is 82.0 cm³/mol. The SMILES string of the molecule is CCCCCCCCCCNCC1CC=CCC1. The highest BCUT2D eigenvalue weighted by Gasteiger charge is 2.08. The van der Waals surface area contributed by atoms with E-state index in [0.717, 1.165) is 5.92 Å². The summed E-state index contributed by atoms with van der Waals surface area (Å²) in [4.78, 5) is 0. The van der Waals surface area contributed by atoms with Crippen molar-refractivity contribution in [1.29, 1.82) is 0 Å². The Bertz CT molecular complexity index is 198. The molecule has 0 bridgehead atoms. The Morgan fingerprint density at radius 3 is 2.33 bits per heavy atom. The minimum absolute atomic E-state index is 0.907. The highest BCUT2D eigenvalue weighted by atomic mass is 14.8. The van der Waals surface area contributed by atoms with Crippen molar-refractivity contribution >= 4 is 0 Å². The van der Waals surface area contributed by atoms with Gasteiger partial charge in [0, 0.05) is 0 Å². The molecule has 1 aliphatic rings. The summed E-state index contributed by atoms with van der Waals surface area (Å²) < 4.78 is 0. The molecule has 1 aliphatic carbocycles. The number of hydrogen-bond acceptors (Lipinski definition) is 1. The lowest BCUT2D eigenvalue weighted by atomic mass is 9.94. The molecule has 0 spiro atoms. The van der Waals surface area contributed by atoms with Gasteiger partial charge in [-0.1, -0.05) is 64.0 Å². The normalized spacial score (nSPS) is 19.3. The van der Waals surface area contributed by atoms with Gasteiger partial charge < -0.3 is 5.32 Å². The van der Waals surface area contributed by atoms with Crippen LogP contribution in [0.2, 0.25) is 0 Å². The Labute approximate surface area is 114 Å². The van der Waals surface area contributed by atoms with E-state index >= 15 is 0 Å². The van der Waals surface area contributed by atoms with Crippen molar-refractivity contribution < 1.29 is 0 Å². The van der Waals surface area contributed by atoms with Gasteiger partial charge in [0.05, 0.1) is 0 Å². The Morgan fingerprint density at radius 1 is 0.944 bits per heavy atom. The van der Waals surface area contributed by atoms with Crippen LogP contribution in [0.15, 0.2) is 12.2 Å². The van der Waals surface area contributed by atoms with E-state index in [1.807, 2.05) is 0 Å². The van der Waals surface area contributed by atoms with Crippen molar-refractivity contribution in [3.63, 3.8) is 0 Å². The molecule has 0 heterocycles. The van der Waals surface area contributed by atoms with E-state index in [4.69, 9.17) is 0 Å². The first-order chi connectivity index (χ1) is 8.93. The molecule has 1 heteroatoms. The second-order valence-corrected chi connectivity index (χ2v) is 5.83. The average Bonchev–Trinajstić information content (AvgIpc) is 2.42. The molecule has 106 valence electrons. The fraction of sp³-hybridized carbons (Fsp3) is 0.882. The zero-order valence-electron chi connectivity index (χ0n) is 12.4. The first kappa shape index (κ1) is 15.8. The van der Waals surface area contributed by atoms with Gasteiger partial charge in [-0.25, -0.2) is 0 Å². The van der Waals surface area contributed by atoms with Gasteiger partial charge in [0.1, 0.15) is 0 Å². The van der Waals surface area contributed by atoms with E-state index in [-0.39, 0.29) is 0 Å². The monoisotopic (exact) mass is 251 g/mol. The second-order valence-electron chi connectivity index (χ2n) is 5.83. The number of unbranched alkanes of at least 4 members (excludes halogenated alkanes) is 7. The van der Waals surface area contributed by atoms with Crippen molar-refractivity contribution in [1.82, 2.24) is 5.32 Å². The molecule has 0 aliphatic heterocycles. The van der Waals surface area contributed by atoms with Crippen molar-refractivity contribution in [2.24, 2.45) is 5.92 Å². The van der Waals surface area contributed by atoms with Gasteiger partial charge in [-0.2, -0.15) is 0 Å². The van der Waals surface area contributed by atoms with Gasteiger partial charge in [0.15, 0.2) is 0 Å². The van der Waals surface area contributed by atoms with Crippen LogP contribution < -0.4 is 5.32 Å². The predicted octanol–water partition coefficient (Wildman–Crippen LogP) is 5.07. The molecule has 1 nitrogen and oxygen atoms in total. The summed E-state index contributed by atoms with van der Waals surface area (Å²) in [6.07, 6.45) is 20.0. The largest absolute Gasteiger partial charge is 0.316 e. The number of nitrogens with one attached hydrogen (secondary N) is 1. The molecular weight excluding hydrogens is 218 g/mol. The molecule has 1 unspecified atom stereocenters. The van der Waals surface area contributed by atoms with Crippen molar-refractivity contribution in [3.05, 3.63) is 12.2 Å². The fourth-order valence-corrected chi connectivity index (χ4v) is 2.73. The topological polar surface area (TPSA) is 12.0 Å². The molecule has 0 aromatic carbocycles. The maximum Gasteiger partial charge on any atom is -0.00174 e. The summed E-state index contributed by atoms with van der Waals surface area (Å²) in [6.45, 7) is 4.75. The molecule has 0 fully saturated rings. The first-order valence-electron chi connectivity index (χ1n) is 8.29. The lowest BCUT2D eigenvalue weighted by Crippen LogP contribution is -2.24. The summed E-state index contributed by atoms with van der Waals surface area (Å²) in [5.41, 5.74) is 0. The molecule has 1 rings (SSSR count). The quantitative estimate of drug-likeness (QED) is 0.399. The lowest BCUT2D eigenvalue weighted by molar-refractivity contribution is 0.435. The van der Waals surface area contributed by atoms with Gasteiger partial charge in [0.2, 0.25) is 0 Å². The van der Waals surface area contributed by atoms with Crippen LogP contribution in [0.25, 0.3) is 0 Å². The maximum atomic E-state index is 3.63. The molecule has 1 N–H and O–H groups in total. The molecule has 1 atom stereocenters. The zero-order chi connectivity index (χ0) is 12.9. The molecule has 0 amide bonds. The van der Waals surface area contributed by atoms with Crippen LogP contribution >= 0.6 is 0 Å². The Kier molecular flexibility index (Phi) is 10.3. The third-order valence-corrected chi connectivity index (χ3v) is 4.02. The van der Waals surface area contributed by atoms with E-state index < -0.39 is 0 Å². The van der Waals surface area contributed by atoms with E-state index in [9.17, 15) is 0 Å². The van der Waals surface area contributed by atoms with Crippen LogP contribution in [0.3, 0.4) is 0 Å². The minimum Gasteiger partial charge on any atom is -0.316 e. The van der Waals surface area contributed by atoms with E-state index in [2.05, 4.69) is 24.4 Å². The van der Waals surface area contributed by atoms with E-state index in [1.165, 1.54) is 83.7 Å². The van der Waals surface area contributed by atoms with Crippen LogP contribution in [-0.2, 0) is 0 Å². The van der Waals surface area contributed by atoms with Gasteiger partial charge in [-0.3, -0.25) is 0 Å². The van der Waals surface area contributed by atoms with Crippen LogP contribution in [0.4, 0.5) is 0 Å². The number of hydrogen-bond donors (Lipinski definition) is 1. The summed E-state index contributed by atoms with van der Waals surface area (Å²) in [5.74, 6) is 0.907. The van der Waals surface area contributed by atoms with E-state index in [1.54, 1.807) is 0 Å². The third-order valence-electron chi connectivity index (χ3n) is 4.02. The second kappa shape index (κ2) is 11.8. The highest BCUT2D eigenvalue weighted by Crippen LogP contribution is 2.16. The van der Waals surface area contributed by atoms with Gasteiger partial charge >= 0.3 is 0 Å². The summed E-state index contributed by atoms with van der Waals surface area (Å²) in [6, 6.07) is 0. The van der Waals surface area contributed by atoms with Crippen LogP contribution in [0, 0.1) is 5.92 Å². The summed E-state index contributed by atoms with van der Waals surface area (Å²) in [7, 11) is 0. The van der Waals surface area contributed by atoms with Crippen LogP contribution in [-0.4, -0.2) is 13.1 Å². The van der Waals surface area contributed by atoms with Crippen molar-refractivity contribution in [2.75, 3.05) is 13.1 Å². The minimum atomic E-state index is 0.907. The molecule has 0 saturated heterocycles. The fourth-order valence-electron chi connectivity index (χ4n) is 2.73. The maximum absolute atomic E-state index is 3.63.